The zero-order valence-electron chi connectivity index (χ0n) is 22.4. The van der Waals surface area contributed by atoms with Crippen LogP contribution in [0.1, 0.15) is 41.6 Å². The number of aromatic amines is 1. The molecule has 0 radical (unpaired) electrons. The smallest absolute Gasteiger partial charge is 0.417 e. The van der Waals surface area contributed by atoms with Crippen molar-refractivity contribution in [2.75, 3.05) is 13.7 Å². The fraction of sp³-hybridized carbons (Fsp3) is 0.233. The molecule has 12 heteroatoms. The van der Waals surface area contributed by atoms with Gasteiger partial charge in [-0.05, 0) is 61.7 Å². The Balaban J connectivity index is 1.43. The van der Waals surface area contributed by atoms with Gasteiger partial charge >= 0.3 is 6.18 Å². The Morgan fingerprint density at radius 2 is 1.86 bits per heavy atom. The van der Waals surface area contributed by atoms with Crippen molar-refractivity contribution in [1.82, 2.24) is 19.9 Å². The largest absolute Gasteiger partial charge is 0.497 e. The number of amides is 1. The third-order valence-corrected chi connectivity index (χ3v) is 8.99. The number of nitrogens with one attached hydrogen (secondary N) is 1. The van der Waals surface area contributed by atoms with Gasteiger partial charge in [-0.3, -0.25) is 4.79 Å². The number of hydrogen-bond acceptors (Lipinski definition) is 5. The van der Waals surface area contributed by atoms with Gasteiger partial charge in [0.1, 0.15) is 28.1 Å². The fourth-order valence-electron chi connectivity index (χ4n) is 5.31. The quantitative estimate of drug-likeness (QED) is 0.202. The maximum Gasteiger partial charge on any atom is 0.417 e. The maximum atomic E-state index is 14.3. The van der Waals surface area contributed by atoms with Crippen LogP contribution in [0.3, 0.4) is 0 Å². The SMILES string of the molecule is COc1cccc(-c2nc(C(=O)N3CCC[C@@]3(C)c3nc4cc(Cl)c(C(F)(F)F)cc4[nH]3)c(-c3ccc(F)cc3)s2)c1. The van der Waals surface area contributed by atoms with E-state index in [2.05, 4.69) is 9.97 Å². The van der Waals surface area contributed by atoms with Gasteiger partial charge in [0.2, 0.25) is 0 Å². The number of H-pyrrole nitrogens is 1. The molecule has 42 heavy (non-hydrogen) atoms. The first-order chi connectivity index (χ1) is 20.0. The van der Waals surface area contributed by atoms with E-state index in [1.165, 1.54) is 29.5 Å². The van der Waals surface area contributed by atoms with Gasteiger partial charge in [-0.1, -0.05) is 35.9 Å². The summed E-state index contributed by atoms with van der Waals surface area (Å²) < 4.78 is 59.6. The predicted octanol–water partition coefficient (Wildman–Crippen LogP) is 8.32. The standard InChI is InChI=1S/C30H23ClF4N4O2S/c1-29(28-36-22-14-20(30(33,34)35)21(31)15-23(22)37-28)11-4-12-39(29)27(40)24-25(16-7-9-18(32)10-8-16)42-26(38-24)17-5-3-6-19(13-17)41-2/h3,5-10,13-15H,4,11-12H2,1-2H3,(H,36,37)/t29-/m0/s1. The number of thiazole rings is 1. The number of methoxy groups -OCH3 is 1. The number of aromatic nitrogens is 3. The average molecular weight is 615 g/mol. The van der Waals surface area contributed by atoms with Crippen LogP contribution >= 0.6 is 22.9 Å². The Bertz CT molecular complexity index is 1820. The van der Waals surface area contributed by atoms with Crippen LogP contribution in [-0.4, -0.2) is 39.4 Å². The molecule has 1 N–H and O–H groups in total. The van der Waals surface area contributed by atoms with E-state index in [1.54, 1.807) is 30.2 Å². The summed E-state index contributed by atoms with van der Waals surface area (Å²) in [5.41, 5.74) is 0.0865. The molecule has 2 aromatic heterocycles. The van der Waals surface area contributed by atoms with E-state index < -0.39 is 28.1 Å². The number of alkyl halides is 3. The van der Waals surface area contributed by atoms with Crippen molar-refractivity contribution in [3.05, 3.63) is 88.6 Å². The Kier molecular flexibility index (Phi) is 6.97. The highest BCUT2D eigenvalue weighted by Crippen LogP contribution is 2.43. The normalized spacial score (nSPS) is 17.3. The summed E-state index contributed by atoms with van der Waals surface area (Å²) in [6.07, 6.45) is -3.46. The van der Waals surface area contributed by atoms with Crippen LogP contribution in [0, 0.1) is 5.82 Å². The van der Waals surface area contributed by atoms with Crippen LogP contribution < -0.4 is 4.74 Å². The summed E-state index contributed by atoms with van der Waals surface area (Å²) in [5, 5.41) is 0.129. The molecule has 1 fully saturated rings. The first kappa shape index (κ1) is 28.2. The van der Waals surface area contributed by atoms with Gasteiger partial charge in [0.05, 0.1) is 39.1 Å². The Labute approximate surface area is 246 Å². The summed E-state index contributed by atoms with van der Waals surface area (Å²) >= 11 is 7.23. The van der Waals surface area contributed by atoms with E-state index in [1.807, 2.05) is 25.1 Å². The second-order valence-corrected chi connectivity index (χ2v) is 11.6. The molecule has 216 valence electrons. The number of carbonyl (C=O) groups is 1. The van der Waals surface area contributed by atoms with Gasteiger partial charge in [-0.15, -0.1) is 11.3 Å². The Morgan fingerprint density at radius 1 is 1.10 bits per heavy atom. The van der Waals surface area contributed by atoms with Crippen LogP contribution in [0.15, 0.2) is 60.7 Å². The second-order valence-electron chi connectivity index (χ2n) is 10.2. The number of imidazole rings is 1. The van der Waals surface area contributed by atoms with Gasteiger partial charge in [0.15, 0.2) is 0 Å². The highest BCUT2D eigenvalue weighted by molar-refractivity contribution is 7.18. The third-order valence-electron chi connectivity index (χ3n) is 7.53. The number of benzene rings is 3. The Morgan fingerprint density at radius 3 is 2.57 bits per heavy atom. The van der Waals surface area contributed by atoms with Crippen molar-refractivity contribution < 1.29 is 27.1 Å². The molecule has 1 atom stereocenters. The molecule has 1 saturated heterocycles. The minimum absolute atomic E-state index is 0.170. The van der Waals surface area contributed by atoms with Crippen LogP contribution in [0.25, 0.3) is 32.0 Å². The van der Waals surface area contributed by atoms with E-state index in [9.17, 15) is 22.4 Å². The molecule has 3 aromatic carbocycles. The second kappa shape index (κ2) is 10.4. The molecule has 1 amide bonds. The zero-order valence-corrected chi connectivity index (χ0v) is 23.9. The van der Waals surface area contributed by atoms with Crippen LogP contribution in [0.2, 0.25) is 5.02 Å². The van der Waals surface area contributed by atoms with E-state index in [4.69, 9.17) is 21.3 Å². The highest BCUT2D eigenvalue weighted by Gasteiger charge is 2.45. The number of halogens is 5. The first-order valence-corrected chi connectivity index (χ1v) is 14.2. The molecular formula is C30H23ClF4N4O2S. The number of ether oxygens (including phenoxy) is 1. The van der Waals surface area contributed by atoms with E-state index >= 15 is 0 Å². The number of nitrogens with zero attached hydrogens (tertiary/aromatic N) is 3. The maximum absolute atomic E-state index is 14.3. The molecular weight excluding hydrogens is 592 g/mol. The lowest BCUT2D eigenvalue weighted by atomic mass is 9.97. The topological polar surface area (TPSA) is 71.1 Å². The third kappa shape index (κ3) is 4.90. The molecule has 0 bridgehead atoms. The summed E-state index contributed by atoms with van der Waals surface area (Å²) in [7, 11) is 1.56. The summed E-state index contributed by atoms with van der Waals surface area (Å²) in [6, 6.07) is 15.3. The highest BCUT2D eigenvalue weighted by atomic mass is 35.5. The Hall–Kier alpha value is -3.96. The van der Waals surface area contributed by atoms with Crippen LogP contribution in [0.4, 0.5) is 17.6 Å². The predicted molar refractivity (Wildman–Crippen MR) is 153 cm³/mol. The lowest BCUT2D eigenvalue weighted by Gasteiger charge is -2.33. The van der Waals surface area contributed by atoms with Crippen molar-refractivity contribution in [3.63, 3.8) is 0 Å². The molecule has 1 aliphatic heterocycles. The summed E-state index contributed by atoms with van der Waals surface area (Å²) in [5.74, 6) is 0.208. The summed E-state index contributed by atoms with van der Waals surface area (Å²) in [6.45, 7) is 2.21. The molecule has 5 aromatic rings. The molecule has 0 saturated carbocycles. The average Bonchev–Trinajstić information content (AvgIpc) is 3.69. The minimum atomic E-state index is -4.63. The molecule has 3 heterocycles. The first-order valence-electron chi connectivity index (χ1n) is 13.0. The van der Waals surface area contributed by atoms with Gasteiger partial charge in [0, 0.05) is 12.1 Å². The van der Waals surface area contributed by atoms with Gasteiger partial charge in [-0.25, -0.2) is 14.4 Å². The lowest BCUT2D eigenvalue weighted by molar-refractivity contribution is -0.137. The van der Waals surface area contributed by atoms with Crippen molar-refractivity contribution in [2.24, 2.45) is 0 Å². The molecule has 0 aliphatic carbocycles. The minimum Gasteiger partial charge on any atom is -0.497 e. The number of fused-ring (bicyclic) bond motifs is 1. The van der Waals surface area contributed by atoms with Gasteiger partial charge in [-0.2, -0.15) is 13.2 Å². The molecule has 6 nitrogen and oxygen atoms in total. The number of hydrogen-bond donors (Lipinski definition) is 1. The van der Waals surface area contributed by atoms with E-state index in [-0.39, 0.29) is 22.6 Å². The lowest BCUT2D eigenvalue weighted by Crippen LogP contribution is -2.44. The van der Waals surface area contributed by atoms with E-state index in [0.717, 1.165) is 11.6 Å². The van der Waals surface area contributed by atoms with Crippen molar-refractivity contribution >= 4 is 39.9 Å². The summed E-state index contributed by atoms with van der Waals surface area (Å²) in [4.78, 5) is 28.8. The van der Waals surface area contributed by atoms with Crippen molar-refractivity contribution in [1.29, 1.82) is 0 Å². The zero-order chi connectivity index (χ0) is 29.8. The number of rotatable bonds is 5. The van der Waals surface area contributed by atoms with Gasteiger partial charge < -0.3 is 14.6 Å². The van der Waals surface area contributed by atoms with Crippen LogP contribution in [0.5, 0.6) is 5.75 Å². The monoisotopic (exact) mass is 614 g/mol. The molecule has 0 spiro atoms. The van der Waals surface area contributed by atoms with Gasteiger partial charge in [0.25, 0.3) is 5.91 Å². The van der Waals surface area contributed by atoms with Crippen molar-refractivity contribution in [2.45, 2.75) is 31.5 Å². The molecule has 0 unspecified atom stereocenters. The number of carbonyl (C=O) groups excluding carboxylic acids is 1. The molecule has 1 aliphatic rings. The fourth-order valence-corrected chi connectivity index (χ4v) is 6.63. The van der Waals surface area contributed by atoms with Crippen molar-refractivity contribution in [3.8, 4) is 26.8 Å². The number of likely N-dealkylation sites (tertiary alicyclic amines) is 1. The molecule has 6 rings (SSSR count). The van der Waals surface area contributed by atoms with Crippen LogP contribution in [-0.2, 0) is 11.7 Å². The van der Waals surface area contributed by atoms with E-state index in [0.29, 0.717) is 46.4 Å².